The van der Waals surface area contributed by atoms with E-state index in [1.807, 2.05) is 6.07 Å². The highest BCUT2D eigenvalue weighted by molar-refractivity contribution is 6.30. The molecule has 0 radical (unpaired) electrons. The molecule has 0 saturated carbocycles. The Labute approximate surface area is 138 Å². The number of nitrogens with one attached hydrogen (secondary N) is 1. The first kappa shape index (κ1) is 17.1. The van der Waals surface area contributed by atoms with Crippen LogP contribution in [0.4, 0.5) is 5.69 Å². The topological polar surface area (TPSA) is 48.3 Å². The van der Waals surface area contributed by atoms with Crippen molar-refractivity contribution in [1.29, 1.82) is 5.26 Å². The Morgan fingerprint density at radius 1 is 1.36 bits per heavy atom. The van der Waals surface area contributed by atoms with Crippen molar-refractivity contribution in [2.24, 2.45) is 0 Å². The molecule has 2 rings (SSSR count). The zero-order valence-corrected chi connectivity index (χ0v) is 14.4. The minimum Gasteiger partial charge on any atom is -0.382 e. The zero-order valence-electron chi connectivity index (χ0n) is 13.7. The van der Waals surface area contributed by atoms with Crippen molar-refractivity contribution >= 4 is 17.3 Å². The Bertz CT molecular complexity index is 558. The Balaban J connectivity index is 2.05. The SMILES string of the molecule is CC1CN(C(C)(C)CNc2ccc(Cl)cc2C#N)CC(C)O1. The molecule has 2 atom stereocenters. The summed E-state index contributed by atoms with van der Waals surface area (Å²) in [5.41, 5.74) is 1.37. The summed E-state index contributed by atoms with van der Waals surface area (Å²) in [6.45, 7) is 11.2. The van der Waals surface area contributed by atoms with Gasteiger partial charge in [0.2, 0.25) is 0 Å². The maximum atomic E-state index is 9.21. The monoisotopic (exact) mass is 321 g/mol. The molecule has 22 heavy (non-hydrogen) atoms. The van der Waals surface area contributed by atoms with Gasteiger partial charge in [-0.05, 0) is 45.9 Å². The van der Waals surface area contributed by atoms with Crippen LogP contribution < -0.4 is 5.32 Å². The van der Waals surface area contributed by atoms with Gasteiger partial charge in [0.25, 0.3) is 0 Å². The van der Waals surface area contributed by atoms with Gasteiger partial charge in [-0.1, -0.05) is 11.6 Å². The smallest absolute Gasteiger partial charge is 0.101 e. The Morgan fingerprint density at radius 3 is 2.59 bits per heavy atom. The number of nitrogens with zero attached hydrogens (tertiary/aromatic N) is 2. The van der Waals surface area contributed by atoms with Gasteiger partial charge < -0.3 is 10.1 Å². The second-order valence-corrected chi connectivity index (χ2v) is 7.07. The molecule has 0 spiro atoms. The fraction of sp³-hybridized carbons (Fsp3) is 0.588. The molecule has 0 amide bonds. The number of ether oxygens (including phenoxy) is 1. The number of rotatable bonds is 4. The standard InChI is InChI=1S/C17H24ClN3O/c1-12-9-21(10-13(2)22-12)17(3,4)11-20-16-6-5-15(18)7-14(16)8-19/h5-7,12-13,20H,9-11H2,1-4H3. The van der Waals surface area contributed by atoms with Gasteiger partial charge in [0.15, 0.2) is 0 Å². The van der Waals surface area contributed by atoms with Gasteiger partial charge in [-0.2, -0.15) is 5.26 Å². The molecule has 0 aromatic heterocycles. The summed E-state index contributed by atoms with van der Waals surface area (Å²) in [5, 5.41) is 13.2. The van der Waals surface area contributed by atoms with Gasteiger partial charge in [-0.25, -0.2) is 0 Å². The van der Waals surface area contributed by atoms with Crippen LogP contribution in [0.5, 0.6) is 0 Å². The average molecular weight is 322 g/mol. The number of hydrogen-bond acceptors (Lipinski definition) is 4. The van der Waals surface area contributed by atoms with Crippen LogP contribution in [0.3, 0.4) is 0 Å². The quantitative estimate of drug-likeness (QED) is 0.922. The molecular weight excluding hydrogens is 298 g/mol. The number of morpholine rings is 1. The second kappa shape index (κ2) is 6.87. The average Bonchev–Trinajstić information content (AvgIpc) is 2.44. The summed E-state index contributed by atoms with van der Waals surface area (Å²) in [7, 11) is 0. The summed E-state index contributed by atoms with van der Waals surface area (Å²) in [4.78, 5) is 2.45. The largest absolute Gasteiger partial charge is 0.382 e. The van der Waals surface area contributed by atoms with Crippen LogP contribution in [0.1, 0.15) is 33.3 Å². The number of benzene rings is 1. The highest BCUT2D eigenvalue weighted by atomic mass is 35.5. The predicted molar refractivity (Wildman–Crippen MR) is 90.3 cm³/mol. The van der Waals surface area contributed by atoms with E-state index in [1.165, 1.54) is 0 Å². The first-order valence-corrected chi connectivity index (χ1v) is 8.03. The first-order valence-electron chi connectivity index (χ1n) is 7.66. The van der Waals surface area contributed by atoms with E-state index < -0.39 is 0 Å². The van der Waals surface area contributed by atoms with Crippen molar-refractivity contribution in [3.05, 3.63) is 28.8 Å². The van der Waals surface area contributed by atoms with E-state index in [0.29, 0.717) is 10.6 Å². The molecule has 0 bridgehead atoms. The van der Waals surface area contributed by atoms with Crippen molar-refractivity contribution in [1.82, 2.24) is 4.90 Å². The van der Waals surface area contributed by atoms with Crippen molar-refractivity contribution in [3.8, 4) is 6.07 Å². The molecule has 2 unspecified atom stereocenters. The molecule has 1 aliphatic heterocycles. The van der Waals surface area contributed by atoms with Crippen LogP contribution in [0.25, 0.3) is 0 Å². The fourth-order valence-corrected chi connectivity index (χ4v) is 3.03. The summed E-state index contributed by atoms with van der Waals surface area (Å²) in [6.07, 6.45) is 0.487. The summed E-state index contributed by atoms with van der Waals surface area (Å²) < 4.78 is 5.80. The van der Waals surface area contributed by atoms with Crippen molar-refractivity contribution in [3.63, 3.8) is 0 Å². The number of hydrogen-bond donors (Lipinski definition) is 1. The molecule has 120 valence electrons. The molecule has 4 nitrogen and oxygen atoms in total. The van der Waals surface area contributed by atoms with E-state index in [4.69, 9.17) is 16.3 Å². The molecule has 1 aliphatic rings. The molecule has 1 N–H and O–H groups in total. The Kier molecular flexibility index (Phi) is 5.33. The fourth-order valence-electron chi connectivity index (χ4n) is 2.86. The van der Waals surface area contributed by atoms with Gasteiger partial charge >= 0.3 is 0 Å². The molecule has 1 saturated heterocycles. The summed E-state index contributed by atoms with van der Waals surface area (Å²) in [5.74, 6) is 0. The number of halogens is 1. The van der Waals surface area contributed by atoms with Crippen molar-refractivity contribution in [2.45, 2.75) is 45.4 Å². The number of nitriles is 1. The van der Waals surface area contributed by atoms with E-state index in [2.05, 4.69) is 44.0 Å². The van der Waals surface area contributed by atoms with Gasteiger partial charge in [-0.3, -0.25) is 4.90 Å². The lowest BCUT2D eigenvalue weighted by atomic mass is 9.99. The maximum absolute atomic E-state index is 9.21. The Hall–Kier alpha value is -1.28. The van der Waals surface area contributed by atoms with Crippen LogP contribution in [0.2, 0.25) is 5.02 Å². The van der Waals surface area contributed by atoms with Gasteiger partial charge in [0.05, 0.1) is 23.5 Å². The van der Waals surface area contributed by atoms with Gasteiger partial charge in [0.1, 0.15) is 6.07 Å². The van der Waals surface area contributed by atoms with E-state index in [9.17, 15) is 5.26 Å². The van der Waals surface area contributed by atoms with E-state index >= 15 is 0 Å². The number of anilines is 1. The normalized spacial score (nSPS) is 23.1. The lowest BCUT2D eigenvalue weighted by molar-refractivity contribution is -0.0933. The highest BCUT2D eigenvalue weighted by Gasteiger charge is 2.33. The molecule has 1 aromatic rings. The van der Waals surface area contributed by atoms with E-state index in [-0.39, 0.29) is 17.7 Å². The van der Waals surface area contributed by atoms with E-state index in [0.717, 1.165) is 25.3 Å². The summed E-state index contributed by atoms with van der Waals surface area (Å²) >= 11 is 5.94. The molecule has 1 heterocycles. The van der Waals surface area contributed by atoms with Crippen LogP contribution in [-0.4, -0.2) is 42.3 Å². The molecule has 5 heteroatoms. The minimum absolute atomic E-state index is 0.0291. The van der Waals surface area contributed by atoms with Crippen molar-refractivity contribution in [2.75, 3.05) is 25.0 Å². The predicted octanol–water partition coefficient (Wildman–Crippen LogP) is 3.51. The zero-order chi connectivity index (χ0) is 16.3. The highest BCUT2D eigenvalue weighted by Crippen LogP contribution is 2.24. The molecular formula is C17H24ClN3O. The van der Waals surface area contributed by atoms with Crippen LogP contribution in [0, 0.1) is 11.3 Å². The Morgan fingerprint density at radius 2 is 2.00 bits per heavy atom. The molecule has 1 fully saturated rings. The van der Waals surface area contributed by atoms with Crippen LogP contribution >= 0.6 is 11.6 Å². The van der Waals surface area contributed by atoms with Crippen LogP contribution in [0.15, 0.2) is 18.2 Å². The van der Waals surface area contributed by atoms with Crippen LogP contribution in [-0.2, 0) is 4.74 Å². The summed E-state index contributed by atoms with van der Waals surface area (Å²) in [6, 6.07) is 7.54. The lowest BCUT2D eigenvalue weighted by Gasteiger charge is -2.45. The first-order chi connectivity index (χ1) is 10.3. The molecule has 0 aliphatic carbocycles. The molecule has 1 aromatic carbocycles. The third-order valence-corrected chi connectivity index (χ3v) is 4.32. The third kappa shape index (κ3) is 4.13. The minimum atomic E-state index is -0.0291. The lowest BCUT2D eigenvalue weighted by Crippen LogP contribution is -2.57. The maximum Gasteiger partial charge on any atom is 0.101 e. The van der Waals surface area contributed by atoms with Gasteiger partial charge in [0, 0.05) is 30.2 Å². The van der Waals surface area contributed by atoms with E-state index in [1.54, 1.807) is 12.1 Å². The van der Waals surface area contributed by atoms with Gasteiger partial charge in [-0.15, -0.1) is 0 Å². The van der Waals surface area contributed by atoms with Crippen molar-refractivity contribution < 1.29 is 4.74 Å². The third-order valence-electron chi connectivity index (χ3n) is 4.09. The second-order valence-electron chi connectivity index (χ2n) is 6.63.